The minimum absolute atomic E-state index is 0.0191. The number of halogens is 5. The van der Waals surface area contributed by atoms with E-state index in [2.05, 4.69) is 6.58 Å². The summed E-state index contributed by atoms with van der Waals surface area (Å²) in [4.78, 5) is 25.5. The molecule has 4 nitrogen and oxygen atoms in total. The van der Waals surface area contributed by atoms with Crippen LogP contribution in [-0.2, 0) is 9.59 Å². The molecular formula is C18H17ClF4N2O2S. The van der Waals surface area contributed by atoms with Gasteiger partial charge in [0.25, 0.3) is 5.91 Å². The molecule has 0 aliphatic carbocycles. The zero-order chi connectivity index (χ0) is 21.4. The highest BCUT2D eigenvalue weighted by atomic mass is 35.5. The third-order valence-electron chi connectivity index (χ3n) is 4.10. The number of benzene rings is 1. The number of nitrogens with zero attached hydrogens (tertiary/aromatic N) is 2. The van der Waals surface area contributed by atoms with Gasteiger partial charge in [0.1, 0.15) is 23.6 Å². The maximum atomic E-state index is 14.6. The lowest BCUT2D eigenvalue weighted by molar-refractivity contribution is -0.123. The van der Waals surface area contributed by atoms with E-state index in [4.69, 9.17) is 11.6 Å². The average molecular weight is 437 g/mol. The summed E-state index contributed by atoms with van der Waals surface area (Å²) in [5, 5.41) is -0.479. The molecule has 10 heteroatoms. The molecule has 1 aliphatic heterocycles. The second kappa shape index (κ2) is 8.16. The molecule has 1 aliphatic rings. The minimum Gasteiger partial charge on any atom is -0.327 e. The quantitative estimate of drug-likeness (QED) is 0.364. The number of anilines is 1. The summed E-state index contributed by atoms with van der Waals surface area (Å²) in [7, 11) is 1.11. The number of alkyl halides is 3. The summed E-state index contributed by atoms with van der Waals surface area (Å²) in [6.45, 7) is 6.55. The normalized spacial score (nSPS) is 16.7. The molecule has 0 aromatic heterocycles. The van der Waals surface area contributed by atoms with Crippen molar-refractivity contribution in [3.8, 4) is 0 Å². The number of thioether (sulfide) groups is 1. The summed E-state index contributed by atoms with van der Waals surface area (Å²) in [6.07, 6.45) is -4.32. The average Bonchev–Trinajstić information content (AvgIpc) is 2.60. The van der Waals surface area contributed by atoms with E-state index in [0.29, 0.717) is 11.2 Å². The van der Waals surface area contributed by atoms with Crippen molar-refractivity contribution >= 4 is 41.2 Å². The lowest BCUT2D eigenvalue weighted by atomic mass is 10.0. The Bertz CT molecular complexity index is 870. The smallest absolute Gasteiger partial charge is 0.327 e. The number of carbonyl (C=O) groups is 2. The van der Waals surface area contributed by atoms with Crippen molar-refractivity contribution in [2.75, 3.05) is 11.9 Å². The van der Waals surface area contributed by atoms with E-state index < -0.39 is 34.4 Å². The number of carbonyl (C=O) groups excluding carboxylic acids is 2. The van der Waals surface area contributed by atoms with Crippen molar-refractivity contribution in [3.63, 3.8) is 0 Å². The Hall–Kier alpha value is -2.00. The Morgan fingerprint density at radius 1 is 1.36 bits per heavy atom. The first-order valence-corrected chi connectivity index (χ1v) is 9.38. The van der Waals surface area contributed by atoms with Crippen molar-refractivity contribution < 1.29 is 27.2 Å². The number of hydrogen-bond donors (Lipinski definition) is 0. The molecule has 1 aromatic rings. The van der Waals surface area contributed by atoms with E-state index in [1.54, 1.807) is 6.92 Å². The maximum Gasteiger partial charge on any atom is 0.431 e. The van der Waals surface area contributed by atoms with Crippen LogP contribution in [0.2, 0.25) is 5.02 Å². The van der Waals surface area contributed by atoms with Gasteiger partial charge >= 0.3 is 6.18 Å². The summed E-state index contributed by atoms with van der Waals surface area (Å²) in [5.74, 6) is -2.27. The van der Waals surface area contributed by atoms with Gasteiger partial charge in [0.2, 0.25) is 0 Å². The topological polar surface area (TPSA) is 40.6 Å². The summed E-state index contributed by atoms with van der Waals surface area (Å²) in [5.41, 5.74) is -1.92. The zero-order valence-electron chi connectivity index (χ0n) is 15.2. The first-order valence-electron chi connectivity index (χ1n) is 8.12. The third kappa shape index (κ3) is 4.05. The van der Waals surface area contributed by atoms with Gasteiger partial charge in [-0.15, -0.1) is 11.8 Å². The van der Waals surface area contributed by atoms with E-state index in [0.717, 1.165) is 34.7 Å². The van der Waals surface area contributed by atoms with Crippen molar-refractivity contribution in [2.24, 2.45) is 0 Å². The maximum absolute atomic E-state index is 14.6. The van der Waals surface area contributed by atoms with E-state index >= 15 is 0 Å². The second-order valence-corrected chi connectivity index (χ2v) is 7.81. The molecule has 1 heterocycles. The predicted octanol–water partition coefficient (Wildman–Crippen LogP) is 5.13. The van der Waals surface area contributed by atoms with Crippen LogP contribution in [0.5, 0.6) is 0 Å². The van der Waals surface area contributed by atoms with Crippen LogP contribution >= 0.6 is 23.4 Å². The molecule has 0 N–H and O–H groups in total. The summed E-state index contributed by atoms with van der Waals surface area (Å²) < 4.78 is 54.9. The second-order valence-electron chi connectivity index (χ2n) is 5.99. The molecule has 1 atom stereocenters. The number of rotatable bonds is 5. The van der Waals surface area contributed by atoms with Gasteiger partial charge in [-0.1, -0.05) is 25.1 Å². The number of aldehydes is 1. The van der Waals surface area contributed by atoms with Gasteiger partial charge in [0.15, 0.2) is 0 Å². The highest BCUT2D eigenvalue weighted by Crippen LogP contribution is 2.42. The molecule has 28 heavy (non-hydrogen) atoms. The van der Waals surface area contributed by atoms with Crippen LogP contribution in [0.4, 0.5) is 23.2 Å². The van der Waals surface area contributed by atoms with Crippen molar-refractivity contribution in [1.29, 1.82) is 0 Å². The van der Waals surface area contributed by atoms with E-state index in [1.807, 2.05) is 0 Å². The van der Waals surface area contributed by atoms with Crippen LogP contribution in [0.15, 0.2) is 40.7 Å². The minimum atomic E-state index is -4.77. The molecule has 0 spiro atoms. The first-order chi connectivity index (χ1) is 12.9. The Morgan fingerprint density at radius 3 is 2.46 bits per heavy atom. The fraction of sp³-hybridized carbons (Fsp3) is 0.333. The van der Waals surface area contributed by atoms with Crippen LogP contribution < -0.4 is 4.90 Å². The van der Waals surface area contributed by atoms with Crippen molar-refractivity contribution in [2.45, 2.75) is 36.6 Å². The Labute approximate surface area is 168 Å². The molecule has 1 aromatic carbocycles. The first kappa shape index (κ1) is 22.3. The highest BCUT2D eigenvalue weighted by Gasteiger charge is 2.46. The van der Waals surface area contributed by atoms with Gasteiger partial charge in [-0.05, 0) is 25.5 Å². The predicted molar refractivity (Wildman–Crippen MR) is 101 cm³/mol. The van der Waals surface area contributed by atoms with Crippen molar-refractivity contribution in [3.05, 3.63) is 46.6 Å². The standard InChI is InChI=1S/C18H17ClF4N2O2S/c1-5-11-16(18(21,22)23)24(4)10(3)25(17(11)27)14-7-15(28-9(2)8-26)12(19)6-13(14)20/h6-9H,3,5H2,1-2,4H3. The highest BCUT2D eigenvalue weighted by molar-refractivity contribution is 8.00. The van der Waals surface area contributed by atoms with E-state index in [1.165, 1.54) is 13.0 Å². The monoisotopic (exact) mass is 436 g/mol. The van der Waals surface area contributed by atoms with Crippen LogP contribution in [0.3, 0.4) is 0 Å². The third-order valence-corrected chi connectivity index (χ3v) is 5.60. The van der Waals surface area contributed by atoms with Crippen LogP contribution in [0.25, 0.3) is 0 Å². The van der Waals surface area contributed by atoms with Crippen LogP contribution in [0, 0.1) is 5.82 Å². The molecule has 0 fully saturated rings. The molecule has 0 saturated carbocycles. The Morgan fingerprint density at radius 2 is 1.96 bits per heavy atom. The number of amides is 1. The van der Waals surface area contributed by atoms with Gasteiger partial charge < -0.3 is 9.69 Å². The largest absolute Gasteiger partial charge is 0.431 e. The van der Waals surface area contributed by atoms with Gasteiger partial charge in [-0.2, -0.15) is 13.2 Å². The lowest BCUT2D eigenvalue weighted by Crippen LogP contribution is -2.47. The van der Waals surface area contributed by atoms with E-state index in [9.17, 15) is 27.2 Å². The SMILES string of the molecule is C=C1N(C)C(C(F)(F)F)=C(CC)C(=O)N1c1cc(SC(C)C=O)c(Cl)cc1F. The van der Waals surface area contributed by atoms with Crippen LogP contribution in [0.1, 0.15) is 20.3 Å². The molecule has 0 radical (unpaired) electrons. The van der Waals surface area contributed by atoms with Crippen LogP contribution in [-0.4, -0.2) is 35.6 Å². The van der Waals surface area contributed by atoms with Gasteiger partial charge in [0, 0.05) is 17.5 Å². The van der Waals surface area contributed by atoms with Gasteiger partial charge in [-0.25, -0.2) is 4.39 Å². The molecule has 152 valence electrons. The number of hydrogen-bond acceptors (Lipinski definition) is 4. The van der Waals surface area contributed by atoms with E-state index in [-0.39, 0.29) is 23.0 Å². The molecular weight excluding hydrogens is 420 g/mol. The molecule has 1 unspecified atom stereocenters. The molecule has 0 bridgehead atoms. The number of allylic oxidation sites excluding steroid dienone is 1. The zero-order valence-corrected chi connectivity index (χ0v) is 16.8. The molecule has 0 saturated heterocycles. The lowest BCUT2D eigenvalue weighted by Gasteiger charge is -2.39. The van der Waals surface area contributed by atoms with Gasteiger partial charge in [0.05, 0.1) is 16.0 Å². The summed E-state index contributed by atoms with van der Waals surface area (Å²) in [6, 6.07) is 2.18. The Kier molecular flexibility index (Phi) is 6.50. The molecule has 2 rings (SSSR count). The van der Waals surface area contributed by atoms with Crippen molar-refractivity contribution in [1.82, 2.24) is 4.90 Å². The molecule has 1 amide bonds. The fourth-order valence-electron chi connectivity index (χ4n) is 2.77. The summed E-state index contributed by atoms with van der Waals surface area (Å²) >= 11 is 7.04. The van der Waals surface area contributed by atoms with Gasteiger partial charge in [-0.3, -0.25) is 9.69 Å². The Balaban J connectivity index is 2.64. The fourth-order valence-corrected chi connectivity index (χ4v) is 3.86.